The molecule has 1 N–H and O–H groups in total. The highest BCUT2D eigenvalue weighted by Crippen LogP contribution is 2.28. The second-order valence-corrected chi connectivity index (χ2v) is 4.38. The van der Waals surface area contributed by atoms with E-state index in [1.165, 1.54) is 18.4 Å². The summed E-state index contributed by atoms with van der Waals surface area (Å²) in [5.41, 5.74) is 0.953. The van der Waals surface area contributed by atoms with Crippen molar-refractivity contribution in [3.05, 3.63) is 10.6 Å². The number of rotatable bonds is 2. The third-order valence-electron chi connectivity index (χ3n) is 2.35. The van der Waals surface area contributed by atoms with E-state index in [9.17, 15) is 9.59 Å². The zero-order valence-corrected chi connectivity index (χ0v) is 9.54. The summed E-state index contributed by atoms with van der Waals surface area (Å²) >= 11 is 1.39. The lowest BCUT2D eigenvalue weighted by Gasteiger charge is -2.24. The average molecular weight is 241 g/mol. The molecule has 2 amide bonds. The van der Waals surface area contributed by atoms with Crippen LogP contribution in [-0.4, -0.2) is 36.0 Å². The third kappa shape index (κ3) is 1.99. The molecule has 2 rings (SSSR count). The number of carbonyl (C=O) groups is 2. The molecule has 0 bridgehead atoms. The van der Waals surface area contributed by atoms with E-state index in [0.717, 1.165) is 10.6 Å². The standard InChI is InChI=1S/C9H11N3O3S/c1-15-9(14)12-3-2-6-7(4-12)16-8(11-6)10-5-13/h5H,2-4H2,1H3,(H,10,11,13). The van der Waals surface area contributed by atoms with E-state index < -0.39 is 0 Å². The van der Waals surface area contributed by atoms with Crippen LogP contribution < -0.4 is 5.32 Å². The van der Waals surface area contributed by atoms with Crippen LogP contribution in [0.3, 0.4) is 0 Å². The average Bonchev–Trinajstić information content (AvgIpc) is 2.69. The van der Waals surface area contributed by atoms with Gasteiger partial charge in [0.25, 0.3) is 0 Å². The Balaban J connectivity index is 2.13. The van der Waals surface area contributed by atoms with Gasteiger partial charge in [-0.2, -0.15) is 0 Å². The number of nitrogens with one attached hydrogen (secondary N) is 1. The smallest absolute Gasteiger partial charge is 0.409 e. The van der Waals surface area contributed by atoms with E-state index in [2.05, 4.69) is 15.0 Å². The number of hydrogen-bond acceptors (Lipinski definition) is 5. The lowest BCUT2D eigenvalue weighted by molar-refractivity contribution is -0.105. The van der Waals surface area contributed by atoms with Gasteiger partial charge in [-0.05, 0) is 0 Å². The molecule has 16 heavy (non-hydrogen) atoms. The van der Waals surface area contributed by atoms with Crippen molar-refractivity contribution in [2.45, 2.75) is 13.0 Å². The van der Waals surface area contributed by atoms with Crippen molar-refractivity contribution < 1.29 is 14.3 Å². The maximum Gasteiger partial charge on any atom is 0.409 e. The molecule has 1 aliphatic heterocycles. The summed E-state index contributed by atoms with van der Waals surface area (Å²) in [6, 6.07) is 0. The number of ether oxygens (including phenoxy) is 1. The molecule has 1 aromatic heterocycles. The van der Waals surface area contributed by atoms with Crippen molar-refractivity contribution in [3.8, 4) is 0 Å². The monoisotopic (exact) mass is 241 g/mol. The van der Waals surface area contributed by atoms with Crippen LogP contribution in [0.2, 0.25) is 0 Å². The molecule has 0 atom stereocenters. The summed E-state index contributed by atoms with van der Waals surface area (Å²) < 4.78 is 4.66. The second kappa shape index (κ2) is 4.48. The number of hydrogen-bond donors (Lipinski definition) is 1. The Morgan fingerprint density at radius 3 is 3.19 bits per heavy atom. The van der Waals surface area contributed by atoms with Gasteiger partial charge in [-0.3, -0.25) is 4.79 Å². The second-order valence-electron chi connectivity index (χ2n) is 3.29. The Bertz CT molecular complexity index is 418. The highest BCUT2D eigenvalue weighted by Gasteiger charge is 2.24. The van der Waals surface area contributed by atoms with Gasteiger partial charge >= 0.3 is 6.09 Å². The maximum absolute atomic E-state index is 11.3. The summed E-state index contributed by atoms with van der Waals surface area (Å²) in [7, 11) is 1.36. The molecule has 0 radical (unpaired) electrons. The fourth-order valence-electron chi connectivity index (χ4n) is 1.59. The lowest BCUT2D eigenvalue weighted by atomic mass is 10.2. The van der Waals surface area contributed by atoms with Gasteiger partial charge in [0.2, 0.25) is 6.41 Å². The number of aromatic nitrogens is 1. The van der Waals surface area contributed by atoms with Gasteiger partial charge in [0, 0.05) is 17.8 Å². The predicted octanol–water partition coefficient (Wildman–Crippen LogP) is 0.836. The molecule has 0 saturated heterocycles. The molecule has 0 spiro atoms. The lowest BCUT2D eigenvalue weighted by Crippen LogP contribution is -2.35. The Kier molecular flexibility index (Phi) is 3.04. The van der Waals surface area contributed by atoms with Gasteiger partial charge in [-0.15, -0.1) is 0 Å². The molecule has 0 fully saturated rings. The Hall–Kier alpha value is -1.63. The molecule has 1 aliphatic rings. The molecule has 0 saturated carbocycles. The number of anilines is 1. The summed E-state index contributed by atoms with van der Waals surface area (Å²) in [6.07, 6.45) is 0.966. The van der Waals surface area contributed by atoms with Gasteiger partial charge in [0.15, 0.2) is 5.13 Å². The predicted molar refractivity (Wildman–Crippen MR) is 58.3 cm³/mol. The van der Waals surface area contributed by atoms with Gasteiger partial charge in [-0.25, -0.2) is 9.78 Å². The highest BCUT2D eigenvalue weighted by atomic mass is 32.1. The molecule has 0 aromatic carbocycles. The number of methoxy groups -OCH3 is 1. The van der Waals surface area contributed by atoms with Crippen molar-refractivity contribution in [3.63, 3.8) is 0 Å². The van der Waals surface area contributed by atoms with E-state index in [1.54, 1.807) is 4.90 Å². The molecule has 0 aliphatic carbocycles. The van der Waals surface area contributed by atoms with Crippen molar-refractivity contribution in [2.24, 2.45) is 0 Å². The first kappa shape index (κ1) is 10.9. The van der Waals surface area contributed by atoms with Crippen LogP contribution in [0, 0.1) is 0 Å². The Labute approximate surface area is 96.2 Å². The van der Waals surface area contributed by atoms with Crippen LogP contribution in [0.15, 0.2) is 0 Å². The van der Waals surface area contributed by atoms with Crippen molar-refractivity contribution in [1.29, 1.82) is 0 Å². The van der Waals surface area contributed by atoms with E-state index >= 15 is 0 Å². The van der Waals surface area contributed by atoms with Crippen LogP contribution in [0.4, 0.5) is 9.93 Å². The quantitative estimate of drug-likeness (QED) is 0.779. The minimum atomic E-state index is -0.330. The van der Waals surface area contributed by atoms with Crippen LogP contribution >= 0.6 is 11.3 Å². The van der Waals surface area contributed by atoms with Crippen molar-refractivity contribution in [1.82, 2.24) is 9.88 Å². The molecule has 86 valence electrons. The number of thiazole rings is 1. The fourth-order valence-corrected chi connectivity index (χ4v) is 2.57. The number of fused-ring (bicyclic) bond motifs is 1. The topological polar surface area (TPSA) is 71.5 Å². The van der Waals surface area contributed by atoms with Crippen molar-refractivity contribution >= 4 is 29.0 Å². The Morgan fingerprint density at radius 1 is 1.69 bits per heavy atom. The Morgan fingerprint density at radius 2 is 2.50 bits per heavy atom. The summed E-state index contributed by atoms with van der Waals surface area (Å²) in [5, 5.41) is 3.09. The minimum absolute atomic E-state index is 0.330. The zero-order chi connectivity index (χ0) is 11.5. The van der Waals surface area contributed by atoms with Gasteiger partial charge in [-0.1, -0.05) is 11.3 Å². The van der Waals surface area contributed by atoms with Crippen LogP contribution in [0.5, 0.6) is 0 Å². The molecule has 0 unspecified atom stereocenters. The normalized spacial score (nSPS) is 14.2. The fraction of sp³-hybridized carbons (Fsp3) is 0.444. The molecule has 2 heterocycles. The van der Waals surface area contributed by atoms with E-state index in [1.807, 2.05) is 0 Å². The molecule has 1 aromatic rings. The maximum atomic E-state index is 11.3. The highest BCUT2D eigenvalue weighted by molar-refractivity contribution is 7.15. The number of amides is 2. The molecule has 7 heteroatoms. The third-order valence-corrected chi connectivity index (χ3v) is 3.36. The summed E-state index contributed by atoms with van der Waals surface area (Å²) in [4.78, 5) is 28.5. The van der Waals surface area contributed by atoms with E-state index in [-0.39, 0.29) is 6.09 Å². The van der Waals surface area contributed by atoms with Gasteiger partial charge < -0.3 is 15.0 Å². The summed E-state index contributed by atoms with van der Waals surface area (Å²) in [5.74, 6) is 0. The van der Waals surface area contributed by atoms with E-state index in [0.29, 0.717) is 31.1 Å². The zero-order valence-electron chi connectivity index (χ0n) is 8.73. The van der Waals surface area contributed by atoms with Crippen LogP contribution in [-0.2, 0) is 22.5 Å². The molecule has 6 nitrogen and oxygen atoms in total. The first-order chi connectivity index (χ1) is 7.74. The minimum Gasteiger partial charge on any atom is -0.453 e. The first-order valence-corrected chi connectivity index (χ1v) is 5.58. The largest absolute Gasteiger partial charge is 0.453 e. The number of carbonyl (C=O) groups excluding carboxylic acids is 2. The molecular formula is C9H11N3O3S. The first-order valence-electron chi connectivity index (χ1n) is 4.76. The SMILES string of the molecule is COC(=O)N1CCc2nc(NC=O)sc2C1. The van der Waals surface area contributed by atoms with Gasteiger partial charge in [0.1, 0.15) is 0 Å². The van der Waals surface area contributed by atoms with Crippen molar-refractivity contribution in [2.75, 3.05) is 19.0 Å². The number of nitrogens with zero attached hydrogens (tertiary/aromatic N) is 2. The van der Waals surface area contributed by atoms with E-state index in [4.69, 9.17) is 0 Å². The molecular weight excluding hydrogens is 230 g/mol. The van der Waals surface area contributed by atoms with Crippen LogP contribution in [0.25, 0.3) is 0 Å². The van der Waals surface area contributed by atoms with Crippen LogP contribution in [0.1, 0.15) is 10.6 Å². The van der Waals surface area contributed by atoms with Gasteiger partial charge in [0.05, 0.1) is 19.3 Å². The summed E-state index contributed by atoms with van der Waals surface area (Å²) in [6.45, 7) is 1.10.